The molecule has 1 N–H and O–H groups in total. The molecule has 3 heteroatoms. The molecule has 0 amide bonds. The van der Waals surface area contributed by atoms with E-state index in [0.29, 0.717) is 6.04 Å². The summed E-state index contributed by atoms with van der Waals surface area (Å²) >= 11 is 0. The summed E-state index contributed by atoms with van der Waals surface area (Å²) in [7, 11) is 3.37. The normalized spacial score (nSPS) is 22.4. The molecule has 2 rings (SSSR count). The van der Waals surface area contributed by atoms with Crippen LogP contribution in [0.25, 0.3) is 0 Å². The van der Waals surface area contributed by atoms with Crippen molar-refractivity contribution >= 4 is 0 Å². The van der Waals surface area contributed by atoms with Crippen molar-refractivity contribution in [1.82, 2.24) is 5.32 Å². The minimum atomic E-state index is 0.586. The molecule has 0 heterocycles. The number of ether oxygens (including phenoxy) is 2. The zero-order valence-electron chi connectivity index (χ0n) is 13.1. The summed E-state index contributed by atoms with van der Waals surface area (Å²) in [4.78, 5) is 0. The fourth-order valence-corrected chi connectivity index (χ4v) is 2.88. The van der Waals surface area contributed by atoms with Crippen LogP contribution in [-0.4, -0.2) is 26.8 Å². The van der Waals surface area contributed by atoms with Gasteiger partial charge in [-0.3, -0.25) is 0 Å². The standard InChI is InChI=1S/C17H27NO2/c1-5-8-18-15(14-9-12(14)2)10-13-6-7-16(19-3)17(11-13)20-4/h6-7,11-12,14-15,18H,5,8-10H2,1-4H3. The largest absolute Gasteiger partial charge is 0.493 e. The van der Waals surface area contributed by atoms with Gasteiger partial charge in [0.2, 0.25) is 0 Å². The molecule has 1 aromatic rings. The Bertz CT molecular complexity index is 433. The lowest BCUT2D eigenvalue weighted by atomic mass is 10.0. The molecule has 20 heavy (non-hydrogen) atoms. The maximum Gasteiger partial charge on any atom is 0.160 e. The van der Waals surface area contributed by atoms with E-state index in [4.69, 9.17) is 9.47 Å². The van der Waals surface area contributed by atoms with Gasteiger partial charge < -0.3 is 14.8 Å². The predicted octanol–water partition coefficient (Wildman–Crippen LogP) is 3.27. The van der Waals surface area contributed by atoms with E-state index in [1.54, 1.807) is 14.2 Å². The maximum atomic E-state index is 5.39. The Morgan fingerprint density at radius 3 is 2.50 bits per heavy atom. The van der Waals surface area contributed by atoms with Crippen LogP contribution < -0.4 is 14.8 Å². The molecule has 1 aliphatic rings. The Hall–Kier alpha value is -1.22. The fourth-order valence-electron chi connectivity index (χ4n) is 2.88. The van der Waals surface area contributed by atoms with Crippen LogP contribution in [0.5, 0.6) is 11.5 Å². The highest BCUT2D eigenvalue weighted by Gasteiger charge is 2.38. The van der Waals surface area contributed by atoms with Crippen LogP contribution in [0.15, 0.2) is 18.2 Å². The van der Waals surface area contributed by atoms with E-state index in [1.165, 1.54) is 18.4 Å². The van der Waals surface area contributed by atoms with Crippen molar-refractivity contribution in [3.8, 4) is 11.5 Å². The third kappa shape index (κ3) is 3.66. The highest BCUT2D eigenvalue weighted by Crippen LogP contribution is 2.42. The van der Waals surface area contributed by atoms with Gasteiger partial charge in [-0.1, -0.05) is 19.9 Å². The molecule has 3 nitrogen and oxygen atoms in total. The molecular weight excluding hydrogens is 250 g/mol. The molecule has 112 valence electrons. The van der Waals surface area contributed by atoms with Crippen LogP contribution >= 0.6 is 0 Å². The van der Waals surface area contributed by atoms with E-state index >= 15 is 0 Å². The SMILES string of the molecule is CCCNC(Cc1ccc(OC)c(OC)c1)C1CC1C. The van der Waals surface area contributed by atoms with Gasteiger partial charge in [-0.15, -0.1) is 0 Å². The molecule has 3 unspecified atom stereocenters. The highest BCUT2D eigenvalue weighted by atomic mass is 16.5. The molecule has 0 radical (unpaired) electrons. The van der Waals surface area contributed by atoms with Gasteiger partial charge in [0.05, 0.1) is 14.2 Å². The number of methoxy groups -OCH3 is 2. The smallest absolute Gasteiger partial charge is 0.160 e. The Morgan fingerprint density at radius 2 is 1.95 bits per heavy atom. The van der Waals surface area contributed by atoms with Crippen LogP contribution in [0.2, 0.25) is 0 Å². The molecule has 0 saturated heterocycles. The number of rotatable bonds is 8. The average molecular weight is 277 g/mol. The fraction of sp³-hybridized carbons (Fsp3) is 0.647. The zero-order valence-corrected chi connectivity index (χ0v) is 13.1. The summed E-state index contributed by atoms with van der Waals surface area (Å²) in [5, 5.41) is 3.70. The lowest BCUT2D eigenvalue weighted by Gasteiger charge is -2.19. The van der Waals surface area contributed by atoms with Crippen LogP contribution in [-0.2, 0) is 6.42 Å². The predicted molar refractivity (Wildman–Crippen MR) is 82.6 cm³/mol. The average Bonchev–Trinajstić information content (AvgIpc) is 3.20. The van der Waals surface area contributed by atoms with E-state index in [-0.39, 0.29) is 0 Å². The first-order valence-electron chi connectivity index (χ1n) is 7.63. The topological polar surface area (TPSA) is 30.5 Å². The van der Waals surface area contributed by atoms with Crippen molar-refractivity contribution in [1.29, 1.82) is 0 Å². The van der Waals surface area contributed by atoms with Gasteiger partial charge in [0.15, 0.2) is 11.5 Å². The first kappa shape index (κ1) is 15.2. The van der Waals surface area contributed by atoms with Gasteiger partial charge >= 0.3 is 0 Å². The summed E-state index contributed by atoms with van der Waals surface area (Å²) in [6.45, 7) is 5.66. The number of hydrogen-bond donors (Lipinski definition) is 1. The van der Waals surface area contributed by atoms with Crippen molar-refractivity contribution in [3.63, 3.8) is 0 Å². The van der Waals surface area contributed by atoms with Gasteiger partial charge in [-0.2, -0.15) is 0 Å². The number of benzene rings is 1. The molecule has 0 aliphatic heterocycles. The van der Waals surface area contributed by atoms with E-state index < -0.39 is 0 Å². The third-order valence-corrected chi connectivity index (χ3v) is 4.25. The van der Waals surface area contributed by atoms with E-state index in [2.05, 4.69) is 31.3 Å². The highest BCUT2D eigenvalue weighted by molar-refractivity contribution is 5.43. The minimum absolute atomic E-state index is 0.586. The van der Waals surface area contributed by atoms with Crippen LogP contribution in [0.3, 0.4) is 0 Å². The molecule has 0 aromatic heterocycles. The summed E-state index contributed by atoms with van der Waals surface area (Å²) < 4.78 is 10.7. The maximum absolute atomic E-state index is 5.39. The van der Waals surface area contributed by atoms with Crippen molar-refractivity contribution in [2.75, 3.05) is 20.8 Å². The summed E-state index contributed by atoms with van der Waals surface area (Å²) in [5.41, 5.74) is 1.32. The first-order valence-corrected chi connectivity index (χ1v) is 7.63. The van der Waals surface area contributed by atoms with Crippen molar-refractivity contribution in [2.24, 2.45) is 11.8 Å². The van der Waals surface area contributed by atoms with E-state index in [9.17, 15) is 0 Å². The Kier molecular flexibility index (Phi) is 5.30. The van der Waals surface area contributed by atoms with Crippen molar-refractivity contribution < 1.29 is 9.47 Å². The monoisotopic (exact) mass is 277 g/mol. The molecule has 1 fully saturated rings. The molecule has 0 spiro atoms. The molecule has 3 atom stereocenters. The van der Waals surface area contributed by atoms with Crippen LogP contribution in [0.4, 0.5) is 0 Å². The second kappa shape index (κ2) is 6.98. The Morgan fingerprint density at radius 1 is 1.25 bits per heavy atom. The van der Waals surface area contributed by atoms with Crippen molar-refractivity contribution in [3.05, 3.63) is 23.8 Å². The van der Waals surface area contributed by atoms with E-state index in [1.807, 2.05) is 6.07 Å². The Labute approximate surface area is 122 Å². The van der Waals surface area contributed by atoms with Crippen molar-refractivity contribution in [2.45, 2.75) is 39.2 Å². The number of nitrogens with one attached hydrogen (secondary N) is 1. The van der Waals surface area contributed by atoms with Crippen LogP contribution in [0, 0.1) is 11.8 Å². The molecular formula is C17H27NO2. The molecule has 0 bridgehead atoms. The van der Waals surface area contributed by atoms with Gasteiger partial charge in [-0.05, 0) is 55.3 Å². The lowest BCUT2D eigenvalue weighted by molar-refractivity contribution is 0.354. The van der Waals surface area contributed by atoms with Gasteiger partial charge in [0.25, 0.3) is 0 Å². The van der Waals surface area contributed by atoms with Crippen LogP contribution in [0.1, 0.15) is 32.3 Å². The van der Waals surface area contributed by atoms with Gasteiger partial charge in [0.1, 0.15) is 0 Å². The van der Waals surface area contributed by atoms with Gasteiger partial charge in [-0.25, -0.2) is 0 Å². The molecule has 1 aromatic carbocycles. The first-order chi connectivity index (χ1) is 9.69. The molecule has 1 saturated carbocycles. The quantitative estimate of drug-likeness (QED) is 0.791. The number of hydrogen-bond acceptors (Lipinski definition) is 3. The van der Waals surface area contributed by atoms with Gasteiger partial charge in [0, 0.05) is 6.04 Å². The Balaban J connectivity index is 2.05. The minimum Gasteiger partial charge on any atom is -0.493 e. The summed E-state index contributed by atoms with van der Waals surface area (Å²) in [5.74, 6) is 3.32. The second-order valence-electron chi connectivity index (χ2n) is 5.83. The summed E-state index contributed by atoms with van der Waals surface area (Å²) in [6, 6.07) is 6.84. The second-order valence-corrected chi connectivity index (χ2v) is 5.83. The molecule has 1 aliphatic carbocycles. The lowest BCUT2D eigenvalue weighted by Crippen LogP contribution is -2.34. The third-order valence-electron chi connectivity index (χ3n) is 4.25. The zero-order chi connectivity index (χ0) is 14.5. The van der Waals surface area contributed by atoms with E-state index in [0.717, 1.165) is 36.3 Å². The summed E-state index contributed by atoms with van der Waals surface area (Å²) in [6.07, 6.45) is 3.60.